The number of fused-ring (bicyclic) bond motifs is 1. The highest BCUT2D eigenvalue weighted by Crippen LogP contribution is 2.53. The van der Waals surface area contributed by atoms with Crippen LogP contribution in [0.5, 0.6) is 0 Å². The number of carbonyl (C=O) groups is 1. The summed E-state index contributed by atoms with van der Waals surface area (Å²) in [5, 5.41) is 19.7. The minimum atomic E-state index is -1.76. The number of aliphatic hydroxyl groups excluding tert-OH is 1. The highest BCUT2D eigenvalue weighted by atomic mass is 16.6. The third kappa shape index (κ3) is 1.94. The molecule has 2 fully saturated rings. The lowest BCUT2D eigenvalue weighted by Gasteiger charge is -2.45. The highest BCUT2D eigenvalue weighted by molar-refractivity contribution is 5.82. The molecule has 0 aromatic carbocycles. The van der Waals surface area contributed by atoms with E-state index in [-0.39, 0.29) is 23.4 Å². The van der Waals surface area contributed by atoms with Gasteiger partial charge >= 0.3 is 5.97 Å². The fourth-order valence-electron chi connectivity index (χ4n) is 3.58. The Bertz CT molecular complexity index is 430. The molecular formula is C15H22O4. The molecule has 2 rings (SSSR count). The minimum absolute atomic E-state index is 0.124. The van der Waals surface area contributed by atoms with Crippen molar-refractivity contribution >= 4 is 5.97 Å². The standard InChI is InChI=1S/C15H22O4/c1-5-14(4)7-12-11(6-10(14)9(2)3)15(18,8-16)13(17)19-12/h5,10-12,16,18H,1-2,6-8H2,3-4H3/t10-,11+,12-,14+,15+/m0/s1. The lowest BCUT2D eigenvalue weighted by atomic mass is 9.59. The summed E-state index contributed by atoms with van der Waals surface area (Å²) in [7, 11) is 0. The maximum Gasteiger partial charge on any atom is 0.341 e. The summed E-state index contributed by atoms with van der Waals surface area (Å²) in [5.74, 6) is -0.961. The SMILES string of the molecule is C=C[C@]1(C)C[C@@H]2OC(=O)[C@@](O)(CO)[C@@H]2C[C@H]1C(=C)C. The van der Waals surface area contributed by atoms with Crippen molar-refractivity contribution in [3.8, 4) is 0 Å². The molecule has 106 valence electrons. The van der Waals surface area contributed by atoms with Crippen LogP contribution in [0, 0.1) is 17.3 Å². The van der Waals surface area contributed by atoms with Gasteiger partial charge in [0.2, 0.25) is 0 Å². The first-order valence-corrected chi connectivity index (χ1v) is 6.62. The average molecular weight is 266 g/mol. The Balaban J connectivity index is 2.36. The van der Waals surface area contributed by atoms with E-state index in [2.05, 4.69) is 20.1 Å². The van der Waals surface area contributed by atoms with Crippen LogP contribution in [0.15, 0.2) is 24.8 Å². The Morgan fingerprint density at radius 1 is 1.63 bits per heavy atom. The Labute approximate surface area is 113 Å². The van der Waals surface area contributed by atoms with Crippen LogP contribution < -0.4 is 0 Å². The maximum absolute atomic E-state index is 11.8. The number of hydrogen-bond donors (Lipinski definition) is 2. The molecule has 0 bridgehead atoms. The first-order valence-electron chi connectivity index (χ1n) is 6.62. The van der Waals surface area contributed by atoms with E-state index in [1.807, 2.05) is 13.0 Å². The van der Waals surface area contributed by atoms with Crippen LogP contribution in [-0.2, 0) is 9.53 Å². The molecule has 1 heterocycles. The summed E-state index contributed by atoms with van der Waals surface area (Å²) in [6, 6.07) is 0. The van der Waals surface area contributed by atoms with E-state index in [0.29, 0.717) is 12.8 Å². The molecule has 4 nitrogen and oxygen atoms in total. The summed E-state index contributed by atoms with van der Waals surface area (Å²) in [4.78, 5) is 11.8. The van der Waals surface area contributed by atoms with Crippen LogP contribution in [0.1, 0.15) is 26.7 Å². The van der Waals surface area contributed by atoms with Crippen molar-refractivity contribution in [2.24, 2.45) is 17.3 Å². The first kappa shape index (κ1) is 14.3. The number of ether oxygens (including phenoxy) is 1. The van der Waals surface area contributed by atoms with Crippen LogP contribution in [0.25, 0.3) is 0 Å². The number of allylic oxidation sites excluding steroid dienone is 2. The van der Waals surface area contributed by atoms with Gasteiger partial charge in [-0.25, -0.2) is 4.79 Å². The fourth-order valence-corrected chi connectivity index (χ4v) is 3.58. The number of rotatable bonds is 3. The van der Waals surface area contributed by atoms with Gasteiger partial charge in [-0.2, -0.15) is 0 Å². The van der Waals surface area contributed by atoms with Crippen molar-refractivity contribution in [1.29, 1.82) is 0 Å². The normalized spacial score (nSPS) is 45.5. The van der Waals surface area contributed by atoms with Gasteiger partial charge in [-0.15, -0.1) is 6.58 Å². The van der Waals surface area contributed by atoms with Crippen LogP contribution >= 0.6 is 0 Å². The molecule has 19 heavy (non-hydrogen) atoms. The fraction of sp³-hybridized carbons (Fsp3) is 0.667. The van der Waals surface area contributed by atoms with E-state index in [9.17, 15) is 15.0 Å². The van der Waals surface area contributed by atoms with Crippen molar-refractivity contribution < 1.29 is 19.7 Å². The van der Waals surface area contributed by atoms with Gasteiger partial charge < -0.3 is 14.9 Å². The summed E-state index contributed by atoms with van der Waals surface area (Å²) >= 11 is 0. The van der Waals surface area contributed by atoms with Crippen LogP contribution in [-0.4, -0.2) is 34.5 Å². The lowest BCUT2D eigenvalue weighted by molar-refractivity contribution is -0.159. The summed E-state index contributed by atoms with van der Waals surface area (Å²) in [6.45, 7) is 11.3. The molecule has 0 radical (unpaired) electrons. The predicted octanol–water partition coefficient (Wildman–Crippen LogP) is 1.43. The molecule has 0 unspecified atom stereocenters. The predicted molar refractivity (Wildman–Crippen MR) is 71.2 cm³/mol. The molecule has 5 atom stereocenters. The van der Waals surface area contributed by atoms with Crippen molar-refractivity contribution in [2.75, 3.05) is 6.61 Å². The third-order valence-corrected chi connectivity index (χ3v) is 4.90. The zero-order chi connectivity index (χ0) is 14.4. The lowest BCUT2D eigenvalue weighted by Crippen LogP contribution is -2.50. The van der Waals surface area contributed by atoms with Gasteiger partial charge in [0.25, 0.3) is 0 Å². The van der Waals surface area contributed by atoms with Gasteiger partial charge in [-0.05, 0) is 31.1 Å². The average Bonchev–Trinajstić information content (AvgIpc) is 2.60. The molecule has 1 saturated carbocycles. The summed E-state index contributed by atoms with van der Waals surface area (Å²) in [5.41, 5.74) is -0.963. The second-order valence-corrected chi connectivity index (χ2v) is 6.18. The van der Waals surface area contributed by atoms with E-state index in [4.69, 9.17) is 4.74 Å². The number of carbonyl (C=O) groups excluding carboxylic acids is 1. The van der Waals surface area contributed by atoms with Crippen molar-refractivity contribution in [2.45, 2.75) is 38.4 Å². The molecule has 1 aliphatic carbocycles. The van der Waals surface area contributed by atoms with Gasteiger partial charge in [0.05, 0.1) is 6.61 Å². The number of hydrogen-bond acceptors (Lipinski definition) is 4. The van der Waals surface area contributed by atoms with E-state index < -0.39 is 18.2 Å². The molecule has 1 saturated heterocycles. The smallest absolute Gasteiger partial charge is 0.341 e. The highest BCUT2D eigenvalue weighted by Gasteiger charge is 2.61. The zero-order valence-corrected chi connectivity index (χ0v) is 11.6. The summed E-state index contributed by atoms with van der Waals surface area (Å²) < 4.78 is 5.27. The second-order valence-electron chi connectivity index (χ2n) is 6.18. The molecule has 4 heteroatoms. The summed E-state index contributed by atoms with van der Waals surface area (Å²) in [6.07, 6.45) is 2.70. The molecular weight excluding hydrogens is 244 g/mol. The Hall–Kier alpha value is -1.13. The van der Waals surface area contributed by atoms with E-state index in [0.717, 1.165) is 5.57 Å². The minimum Gasteiger partial charge on any atom is -0.460 e. The monoisotopic (exact) mass is 266 g/mol. The molecule has 0 aromatic heterocycles. The van der Waals surface area contributed by atoms with Gasteiger partial charge in [-0.1, -0.05) is 25.2 Å². The molecule has 2 aliphatic rings. The van der Waals surface area contributed by atoms with Gasteiger partial charge in [0, 0.05) is 5.92 Å². The first-order chi connectivity index (χ1) is 8.78. The van der Waals surface area contributed by atoms with E-state index in [1.165, 1.54) is 0 Å². The molecule has 0 aromatic rings. The largest absolute Gasteiger partial charge is 0.460 e. The van der Waals surface area contributed by atoms with Crippen LogP contribution in [0.3, 0.4) is 0 Å². The Kier molecular flexibility index (Phi) is 3.35. The zero-order valence-electron chi connectivity index (χ0n) is 11.6. The van der Waals surface area contributed by atoms with Gasteiger partial charge in [0.15, 0.2) is 5.60 Å². The van der Waals surface area contributed by atoms with E-state index in [1.54, 1.807) is 0 Å². The maximum atomic E-state index is 11.8. The molecule has 1 aliphatic heterocycles. The quantitative estimate of drug-likeness (QED) is 0.599. The Morgan fingerprint density at radius 3 is 2.74 bits per heavy atom. The van der Waals surface area contributed by atoms with E-state index >= 15 is 0 Å². The molecule has 0 spiro atoms. The third-order valence-electron chi connectivity index (χ3n) is 4.90. The van der Waals surface area contributed by atoms with Gasteiger partial charge in [-0.3, -0.25) is 0 Å². The topological polar surface area (TPSA) is 66.8 Å². The number of esters is 1. The number of aliphatic hydroxyl groups is 2. The molecule has 2 N–H and O–H groups in total. The second kappa shape index (κ2) is 4.46. The molecule has 0 amide bonds. The van der Waals surface area contributed by atoms with Crippen LogP contribution in [0.2, 0.25) is 0 Å². The van der Waals surface area contributed by atoms with Crippen molar-refractivity contribution in [1.82, 2.24) is 0 Å². The van der Waals surface area contributed by atoms with Crippen molar-refractivity contribution in [3.63, 3.8) is 0 Å². The Morgan fingerprint density at radius 2 is 2.26 bits per heavy atom. The van der Waals surface area contributed by atoms with Gasteiger partial charge in [0.1, 0.15) is 6.10 Å². The van der Waals surface area contributed by atoms with Crippen LogP contribution in [0.4, 0.5) is 0 Å². The van der Waals surface area contributed by atoms with Crippen molar-refractivity contribution in [3.05, 3.63) is 24.8 Å².